The summed E-state index contributed by atoms with van der Waals surface area (Å²) in [6.07, 6.45) is 14.8. The van der Waals surface area contributed by atoms with Crippen LogP contribution in [0.5, 0.6) is 0 Å². The Bertz CT molecular complexity index is 2460. The number of nitrogens with zero attached hydrogens (tertiary/aromatic N) is 5. The summed E-state index contributed by atoms with van der Waals surface area (Å²) in [5.41, 5.74) is 3.40. The zero-order valence-electron chi connectivity index (χ0n) is 41.0. The van der Waals surface area contributed by atoms with Gasteiger partial charge in [-0.3, -0.25) is 19.7 Å². The number of benzene rings is 2. The van der Waals surface area contributed by atoms with Gasteiger partial charge in [-0.2, -0.15) is 0 Å². The van der Waals surface area contributed by atoms with E-state index in [0.29, 0.717) is 41.6 Å². The van der Waals surface area contributed by atoms with Gasteiger partial charge in [0.2, 0.25) is 17.7 Å². The van der Waals surface area contributed by atoms with Crippen LogP contribution in [0.1, 0.15) is 133 Å². The smallest absolute Gasteiger partial charge is 0.234 e. The van der Waals surface area contributed by atoms with Crippen molar-refractivity contribution >= 4 is 56.6 Å². The highest BCUT2D eigenvalue weighted by Crippen LogP contribution is 2.58. The molecular weight excluding hydrogens is 928 g/mol. The zero-order chi connectivity index (χ0) is 48.6. The van der Waals surface area contributed by atoms with E-state index in [9.17, 15) is 18.0 Å². The molecule has 1 N–H and O–H groups in total. The van der Waals surface area contributed by atoms with Crippen LogP contribution in [0.15, 0.2) is 78.6 Å². The Labute approximate surface area is 420 Å². The predicted octanol–water partition coefficient (Wildman–Crippen LogP) is 9.82. The first-order valence-electron chi connectivity index (χ1n) is 25.8. The number of sulfone groups is 1. The first kappa shape index (κ1) is 50.0. The number of carbonyl (C=O) groups is 3. The molecule has 3 amide bonds. The van der Waals surface area contributed by atoms with Gasteiger partial charge in [0, 0.05) is 79.5 Å². The molecule has 9 rings (SSSR count). The summed E-state index contributed by atoms with van der Waals surface area (Å²) < 4.78 is 27.4. The number of likely N-dealkylation sites (tertiary alicyclic amines) is 3. The van der Waals surface area contributed by atoms with Crippen molar-refractivity contribution < 1.29 is 22.8 Å². The topological polar surface area (TPSA) is 123 Å². The molecule has 5 atom stereocenters. The average Bonchev–Trinajstić information content (AvgIpc) is 3.32. The maximum absolute atomic E-state index is 15.4. The minimum absolute atomic E-state index is 0.0294. The first-order valence-corrected chi connectivity index (χ1v) is 28.3. The van der Waals surface area contributed by atoms with E-state index in [4.69, 9.17) is 28.2 Å². The number of hydrogen-bond donors (Lipinski definition) is 1. The van der Waals surface area contributed by atoms with Crippen molar-refractivity contribution in [3.63, 3.8) is 0 Å². The zero-order valence-corrected chi connectivity index (χ0v) is 43.3. The van der Waals surface area contributed by atoms with Crippen molar-refractivity contribution in [2.24, 2.45) is 29.1 Å². The molecule has 1 unspecified atom stereocenters. The lowest BCUT2D eigenvalue weighted by Crippen LogP contribution is -2.61. The SMILES string of the molecule is CC(C)[C@H](CS(=O)(=O)C(C)C)N1C(=O)[C@@]2(C=C(N3CCC(CC4CCN(CC5CCN(c6ccc(C7CCC(=O)NC7=O)cn6)CC5)CC4)CC3)C2)C[C@@H](c2cccc(Cl)c2)[C@@H]1c1ccc(Cl)cc1. The van der Waals surface area contributed by atoms with Crippen LogP contribution in [0, 0.1) is 29.1 Å². The number of imide groups is 1. The minimum atomic E-state index is -3.49. The summed E-state index contributed by atoms with van der Waals surface area (Å²) in [4.78, 5) is 53.6. The molecule has 69 heavy (non-hydrogen) atoms. The molecule has 14 heteroatoms. The van der Waals surface area contributed by atoms with Crippen LogP contribution in [-0.4, -0.2) is 109 Å². The molecule has 1 aromatic heterocycles. The monoisotopic (exact) mass is 998 g/mol. The van der Waals surface area contributed by atoms with E-state index in [1.165, 1.54) is 57.4 Å². The molecule has 5 aliphatic heterocycles. The van der Waals surface area contributed by atoms with Gasteiger partial charge in [0.05, 0.1) is 28.4 Å². The molecule has 6 aliphatic rings. The maximum atomic E-state index is 15.4. The number of rotatable bonds is 14. The fourth-order valence-corrected chi connectivity index (χ4v) is 14.3. The van der Waals surface area contributed by atoms with Crippen molar-refractivity contribution in [3.05, 3.63) is 105 Å². The van der Waals surface area contributed by atoms with Crippen molar-refractivity contribution in [1.82, 2.24) is 25.0 Å². The molecule has 11 nitrogen and oxygen atoms in total. The summed E-state index contributed by atoms with van der Waals surface area (Å²) in [5, 5.41) is 3.16. The second-order valence-electron chi connectivity index (χ2n) is 22.0. The molecule has 3 aromatic rings. The van der Waals surface area contributed by atoms with Crippen LogP contribution in [0.25, 0.3) is 0 Å². The van der Waals surface area contributed by atoms with Crippen LogP contribution in [0.2, 0.25) is 10.0 Å². The highest BCUT2D eigenvalue weighted by Gasteiger charge is 2.57. The number of piperidine rings is 5. The van der Waals surface area contributed by atoms with Crippen LogP contribution in [0.3, 0.4) is 0 Å². The second-order valence-corrected chi connectivity index (χ2v) is 25.5. The maximum Gasteiger partial charge on any atom is 0.234 e. The Kier molecular flexibility index (Phi) is 15.2. The molecule has 0 radical (unpaired) electrons. The largest absolute Gasteiger partial charge is 0.375 e. The summed E-state index contributed by atoms with van der Waals surface area (Å²) in [5.74, 6) is 2.17. The molecular formula is C55H72Cl2N6O5S. The van der Waals surface area contributed by atoms with Crippen LogP contribution in [-0.2, 0) is 24.2 Å². The number of hydrogen-bond acceptors (Lipinski definition) is 9. The molecule has 6 heterocycles. The number of nitrogens with one attached hydrogen (secondary N) is 1. The van der Waals surface area contributed by atoms with Gasteiger partial charge >= 0.3 is 0 Å². The normalized spacial score (nSPS) is 26.4. The number of halogens is 2. The molecule has 1 spiro atoms. The molecule has 5 saturated heterocycles. The third-order valence-corrected chi connectivity index (χ3v) is 19.6. The first-order chi connectivity index (χ1) is 33.1. The Morgan fingerprint density at radius 3 is 2.00 bits per heavy atom. The molecule has 0 bridgehead atoms. The van der Waals surface area contributed by atoms with Crippen LogP contribution < -0.4 is 10.2 Å². The van der Waals surface area contributed by atoms with Gasteiger partial charge in [-0.05, 0) is 161 Å². The van der Waals surface area contributed by atoms with Crippen molar-refractivity contribution in [1.29, 1.82) is 0 Å². The Hall–Kier alpha value is -3.97. The number of anilines is 1. The van der Waals surface area contributed by atoms with Gasteiger partial charge in [-0.15, -0.1) is 0 Å². The fourth-order valence-electron chi connectivity index (χ4n) is 12.6. The van der Waals surface area contributed by atoms with E-state index in [0.717, 1.165) is 73.4 Å². The third-order valence-electron chi connectivity index (χ3n) is 16.9. The summed E-state index contributed by atoms with van der Waals surface area (Å²) in [6.45, 7) is 15.1. The Morgan fingerprint density at radius 2 is 1.39 bits per heavy atom. The van der Waals surface area contributed by atoms with E-state index in [1.54, 1.807) is 13.8 Å². The molecule has 2 aromatic carbocycles. The number of amides is 3. The summed E-state index contributed by atoms with van der Waals surface area (Å²) in [7, 11) is -3.49. The predicted molar refractivity (Wildman–Crippen MR) is 275 cm³/mol. The van der Waals surface area contributed by atoms with E-state index in [2.05, 4.69) is 32.2 Å². The van der Waals surface area contributed by atoms with Gasteiger partial charge in [-0.1, -0.05) is 67.4 Å². The lowest BCUT2D eigenvalue weighted by Gasteiger charge is -2.56. The molecule has 0 saturated carbocycles. The minimum Gasteiger partial charge on any atom is -0.375 e. The quantitative estimate of drug-likeness (QED) is 0.157. The standard InChI is InChI=1S/C55H72Cl2N6O5S/c1-36(2)49(35-69(67,68)37(3)4)63-52(41-8-11-44(56)12-9-41)48(42-6-5-7-45(57)29-42)32-55(54(63)66)30-46(31-55)61-24-18-39(19-25-61)28-38-16-22-60(23-17-38)34-40-20-26-62(27-21-40)50-14-10-43(33-58-50)47-13-15-51(64)59-53(47)65/h5-12,14,29-30,33,36-40,47-49,52H,13,15-28,31-32,34-35H2,1-4H3,(H,59,64,65)/t47?,48-,49-,52-,55+/m0/s1. The van der Waals surface area contributed by atoms with Crippen molar-refractivity contribution in [2.45, 2.75) is 127 Å². The number of pyridine rings is 1. The molecule has 1 aliphatic carbocycles. The highest BCUT2D eigenvalue weighted by molar-refractivity contribution is 7.92. The van der Waals surface area contributed by atoms with Crippen molar-refractivity contribution in [2.75, 3.05) is 56.5 Å². The van der Waals surface area contributed by atoms with E-state index in [-0.39, 0.29) is 41.2 Å². The van der Waals surface area contributed by atoms with Crippen molar-refractivity contribution in [3.8, 4) is 0 Å². The van der Waals surface area contributed by atoms with E-state index >= 15 is 4.79 Å². The van der Waals surface area contributed by atoms with Gasteiger partial charge in [0.15, 0.2) is 9.84 Å². The lowest BCUT2D eigenvalue weighted by molar-refractivity contribution is -0.155. The summed E-state index contributed by atoms with van der Waals surface area (Å²) >= 11 is 13.1. The van der Waals surface area contributed by atoms with Gasteiger partial charge in [-0.25, -0.2) is 13.4 Å². The van der Waals surface area contributed by atoms with Gasteiger partial charge in [0.25, 0.3) is 0 Å². The summed E-state index contributed by atoms with van der Waals surface area (Å²) in [6, 6.07) is 18.8. The number of aromatic nitrogens is 1. The van der Waals surface area contributed by atoms with E-state index < -0.39 is 32.6 Å². The third kappa shape index (κ3) is 11.1. The number of carbonyl (C=O) groups excluding carboxylic acids is 3. The highest BCUT2D eigenvalue weighted by atomic mass is 35.5. The average molecular weight is 1000 g/mol. The van der Waals surface area contributed by atoms with Crippen LogP contribution in [0.4, 0.5) is 5.82 Å². The molecule has 372 valence electrons. The molecule has 5 fully saturated rings. The van der Waals surface area contributed by atoms with Crippen LogP contribution >= 0.6 is 23.2 Å². The Morgan fingerprint density at radius 1 is 0.754 bits per heavy atom. The lowest BCUT2D eigenvalue weighted by atomic mass is 9.60. The fraction of sp³-hybridized carbons (Fsp3) is 0.600. The van der Waals surface area contributed by atoms with Gasteiger partial charge in [0.1, 0.15) is 5.82 Å². The van der Waals surface area contributed by atoms with Gasteiger partial charge < -0.3 is 19.6 Å². The van der Waals surface area contributed by atoms with E-state index in [1.807, 2.05) is 79.5 Å². The second kappa shape index (κ2) is 21.0. The Balaban J connectivity index is 0.790. The number of allylic oxidation sites excluding steroid dienone is 1.